The summed E-state index contributed by atoms with van der Waals surface area (Å²) in [5.41, 5.74) is -5.04. The smallest absolute Gasteiger partial charge is 0.380 e. The first kappa shape index (κ1) is 36.2. The van der Waals surface area contributed by atoms with E-state index in [1.165, 1.54) is 0 Å². The Morgan fingerprint density at radius 1 is 0.980 bits per heavy atom. The predicted octanol–water partition coefficient (Wildman–Crippen LogP) is 0.934. The van der Waals surface area contributed by atoms with Crippen LogP contribution in [-0.2, 0) is 22.3 Å². The number of alkyl halides is 3. The Morgan fingerprint density at radius 2 is 1.57 bits per heavy atom. The van der Waals surface area contributed by atoms with Crippen LogP contribution in [0.25, 0.3) is 22.0 Å². The van der Waals surface area contributed by atoms with Crippen molar-refractivity contribution in [2.24, 2.45) is 5.41 Å². The lowest BCUT2D eigenvalue weighted by Gasteiger charge is -2.75. The number of halogens is 6. The van der Waals surface area contributed by atoms with Crippen LogP contribution in [0.4, 0.5) is 27.8 Å². The van der Waals surface area contributed by atoms with Crippen LogP contribution >= 0.6 is 23.4 Å². The molecule has 2 aromatic carbocycles. The summed E-state index contributed by atoms with van der Waals surface area (Å²) in [7, 11) is 50.9. The normalized spacial score (nSPS) is 21.6. The standard InChI is InChI=1S/C27H14B8ClF5N4O3S/c1-2-16(46)44-24(28,29)26(32,33)45(27(34,35)25(44,30)31)20-11-3-12(23(39,40)41)17(10-4-13(36)15(38)5-14(10)37)19-18(11)43(21(47)42-20)6-22(9-49-19)7-48-8-22/h2-5H,1,6-9H2. The lowest BCUT2D eigenvalue weighted by atomic mass is 9.26. The summed E-state index contributed by atoms with van der Waals surface area (Å²) in [6.07, 6.45) is -4.55. The minimum Gasteiger partial charge on any atom is -0.380 e. The quantitative estimate of drug-likeness (QED) is 0.177. The average molecular weight is 691 g/mol. The van der Waals surface area contributed by atoms with E-state index < -0.39 is 89.1 Å². The summed E-state index contributed by atoms with van der Waals surface area (Å²) >= 11 is 6.78. The van der Waals surface area contributed by atoms with Gasteiger partial charge in [0.2, 0.25) is 5.91 Å². The number of carbonyl (C=O) groups is 1. The Balaban J connectivity index is 1.79. The second kappa shape index (κ2) is 11.2. The van der Waals surface area contributed by atoms with Gasteiger partial charge in [0.15, 0.2) is 0 Å². The van der Waals surface area contributed by atoms with Gasteiger partial charge in [0.1, 0.15) is 17.5 Å². The molecule has 0 aliphatic carbocycles. The molecule has 49 heavy (non-hydrogen) atoms. The molecule has 2 fully saturated rings. The van der Waals surface area contributed by atoms with Gasteiger partial charge in [0.05, 0.1) is 92.1 Å². The molecule has 0 unspecified atom stereocenters. The number of aromatic nitrogens is 2. The van der Waals surface area contributed by atoms with E-state index in [0.29, 0.717) is 34.1 Å². The number of hydrogen-bond acceptors (Lipinski definition) is 6. The molecule has 1 amide bonds. The molecule has 0 saturated carbocycles. The Kier molecular flexibility index (Phi) is 8.25. The van der Waals surface area contributed by atoms with E-state index in [0.717, 1.165) is 16.3 Å². The minimum absolute atomic E-state index is 0.0879. The van der Waals surface area contributed by atoms with Crippen molar-refractivity contribution in [3.05, 3.63) is 63.6 Å². The van der Waals surface area contributed by atoms with Gasteiger partial charge < -0.3 is 14.5 Å². The van der Waals surface area contributed by atoms with Gasteiger partial charge in [-0.1, -0.05) is 18.2 Å². The van der Waals surface area contributed by atoms with E-state index in [-0.39, 0.29) is 35.9 Å². The number of ether oxygens (including phenoxy) is 1. The molecule has 4 heterocycles. The summed E-state index contributed by atoms with van der Waals surface area (Å²) in [6.45, 7) is 3.45. The van der Waals surface area contributed by atoms with Gasteiger partial charge in [0, 0.05) is 45.2 Å². The van der Waals surface area contributed by atoms with E-state index >= 15 is 17.6 Å². The highest BCUT2D eigenvalue weighted by atomic mass is 35.5. The second-order valence-electron chi connectivity index (χ2n) is 12.4. The number of hydrogen-bond donors (Lipinski definition) is 0. The molecular weight excluding hydrogens is 677 g/mol. The third-order valence-electron chi connectivity index (χ3n) is 8.99. The van der Waals surface area contributed by atoms with Crippen LogP contribution in [0.3, 0.4) is 0 Å². The van der Waals surface area contributed by atoms with Crippen molar-refractivity contribution in [3.8, 4) is 11.1 Å². The Labute approximate surface area is 296 Å². The maximum Gasteiger partial charge on any atom is 0.417 e. The SMILES string of the molecule is [B]C1([B])N(C(=O)C=C)C([B])([B])C([B])([B])N(c2nc(=O)n3c4c(c(-c5cc(Cl)c(F)cc5F)c(C(F)(F)F)cc24)SCC2(COC2)C3)C1([B])[B]. The molecule has 16 radical (unpaired) electrons. The zero-order chi connectivity index (χ0) is 36.4. The number of benzene rings is 2. The van der Waals surface area contributed by atoms with E-state index in [4.69, 9.17) is 79.1 Å². The third-order valence-corrected chi connectivity index (χ3v) is 10.7. The van der Waals surface area contributed by atoms with Crippen LogP contribution in [0.1, 0.15) is 5.56 Å². The Morgan fingerprint density at radius 3 is 2.08 bits per heavy atom. The van der Waals surface area contributed by atoms with Crippen molar-refractivity contribution in [1.29, 1.82) is 0 Å². The maximum absolute atomic E-state index is 15.5. The van der Waals surface area contributed by atoms with Crippen LogP contribution in [0.15, 0.2) is 40.5 Å². The number of piperazine rings is 1. The highest BCUT2D eigenvalue weighted by Crippen LogP contribution is 2.53. The molecule has 0 bridgehead atoms. The highest BCUT2D eigenvalue weighted by Gasteiger charge is 2.62. The van der Waals surface area contributed by atoms with Gasteiger partial charge in [-0.15, -0.1) is 11.8 Å². The zero-order valence-electron chi connectivity index (χ0n) is 25.2. The number of rotatable bonds is 3. The Hall–Kier alpha value is -2.64. The molecule has 3 aromatic rings. The predicted molar refractivity (Wildman–Crippen MR) is 182 cm³/mol. The van der Waals surface area contributed by atoms with E-state index in [1.54, 1.807) is 0 Å². The van der Waals surface area contributed by atoms with Gasteiger partial charge in [0.25, 0.3) is 0 Å². The molecular formula is C27H14B8ClF5N4O3S. The summed E-state index contributed by atoms with van der Waals surface area (Å²) in [5.74, 6) is -4.48. The van der Waals surface area contributed by atoms with Crippen molar-refractivity contribution >= 4 is 109 Å². The van der Waals surface area contributed by atoms with Crippen LogP contribution in [0.2, 0.25) is 5.02 Å². The summed E-state index contributed by atoms with van der Waals surface area (Å²) in [5, 5.41) is -12.7. The van der Waals surface area contributed by atoms with Crippen molar-refractivity contribution in [2.75, 3.05) is 23.9 Å². The molecule has 6 rings (SSSR count). The van der Waals surface area contributed by atoms with Crippen molar-refractivity contribution in [3.63, 3.8) is 0 Å². The molecule has 1 spiro atoms. The first-order chi connectivity index (χ1) is 22.4. The number of amides is 1. The number of nitrogens with zero attached hydrogens (tertiary/aromatic N) is 4. The summed E-state index contributed by atoms with van der Waals surface area (Å²) in [6, 6.07) is 1.57. The third kappa shape index (κ3) is 5.02. The van der Waals surface area contributed by atoms with E-state index in [2.05, 4.69) is 11.6 Å². The van der Waals surface area contributed by atoms with Crippen LogP contribution in [0, 0.1) is 17.0 Å². The first-order valence-corrected chi connectivity index (χ1v) is 15.4. The van der Waals surface area contributed by atoms with Crippen molar-refractivity contribution in [1.82, 2.24) is 14.5 Å². The molecule has 7 nitrogen and oxygen atoms in total. The summed E-state index contributed by atoms with van der Waals surface area (Å²) in [4.78, 5) is 31.5. The highest BCUT2D eigenvalue weighted by molar-refractivity contribution is 7.99. The molecule has 0 atom stereocenters. The topological polar surface area (TPSA) is 67.7 Å². The zero-order valence-corrected chi connectivity index (χ0v) is 26.7. The second-order valence-corrected chi connectivity index (χ2v) is 13.8. The van der Waals surface area contributed by atoms with Crippen LogP contribution in [0.5, 0.6) is 0 Å². The van der Waals surface area contributed by atoms with Crippen LogP contribution < -0.4 is 10.6 Å². The number of thioether (sulfide) groups is 1. The van der Waals surface area contributed by atoms with Gasteiger partial charge >= 0.3 is 11.9 Å². The molecule has 2 saturated heterocycles. The maximum atomic E-state index is 15.5. The van der Waals surface area contributed by atoms with Crippen molar-refractivity contribution in [2.45, 2.75) is 39.0 Å². The lowest BCUT2D eigenvalue weighted by Crippen LogP contribution is -2.93. The van der Waals surface area contributed by atoms with Gasteiger partial charge in [-0.05, 0) is 39.6 Å². The van der Waals surface area contributed by atoms with Gasteiger partial charge in [-0.3, -0.25) is 9.36 Å². The lowest BCUT2D eigenvalue weighted by molar-refractivity contribution is -0.137. The fraction of sp³-hybridized carbons (Fsp3) is 0.370. The van der Waals surface area contributed by atoms with Gasteiger partial charge in [-0.2, -0.15) is 18.2 Å². The largest absolute Gasteiger partial charge is 0.417 e. The Bertz CT molecular complexity index is 2000. The fourth-order valence-corrected chi connectivity index (χ4v) is 7.96. The monoisotopic (exact) mass is 692 g/mol. The fourth-order valence-electron chi connectivity index (χ4n) is 6.36. The molecule has 232 valence electrons. The average Bonchev–Trinajstić information content (AvgIpc) is 3.14. The van der Waals surface area contributed by atoms with Crippen LogP contribution in [-0.4, -0.2) is 123 Å². The number of carbonyl (C=O) groups excluding carboxylic acids is 1. The van der Waals surface area contributed by atoms with E-state index in [1.807, 2.05) is 0 Å². The van der Waals surface area contributed by atoms with Crippen molar-refractivity contribution < 1.29 is 31.5 Å². The molecule has 1 aromatic heterocycles. The molecule has 22 heteroatoms. The minimum atomic E-state index is -5.24. The first-order valence-electron chi connectivity index (χ1n) is 14.1. The summed E-state index contributed by atoms with van der Waals surface area (Å²) < 4.78 is 81.5. The van der Waals surface area contributed by atoms with Gasteiger partial charge in [-0.25, -0.2) is 13.6 Å². The molecule has 3 aliphatic rings. The molecule has 0 N–H and O–H groups in total. The van der Waals surface area contributed by atoms with E-state index in [9.17, 15) is 14.0 Å². The molecule has 3 aliphatic heterocycles. The number of anilines is 1.